The van der Waals surface area contributed by atoms with Gasteiger partial charge in [0.1, 0.15) is 5.01 Å². The van der Waals surface area contributed by atoms with Gasteiger partial charge in [0, 0.05) is 10.4 Å². The summed E-state index contributed by atoms with van der Waals surface area (Å²) in [5.41, 5.74) is 1.83. The Kier molecular flexibility index (Phi) is 5.40. The molecule has 1 N–H and O–H groups in total. The lowest BCUT2D eigenvalue weighted by atomic mass is 10.1. The van der Waals surface area contributed by atoms with Crippen molar-refractivity contribution in [2.24, 2.45) is 0 Å². The maximum atomic E-state index is 12.0. The minimum atomic E-state index is -0.0628. The van der Waals surface area contributed by atoms with Crippen LogP contribution in [-0.4, -0.2) is 10.9 Å². The van der Waals surface area contributed by atoms with Crippen molar-refractivity contribution in [3.8, 4) is 0 Å². The normalized spacial score (nSPS) is 12.2. The first-order valence-electron chi connectivity index (χ1n) is 6.12. The fourth-order valence-corrected chi connectivity index (χ4v) is 2.90. The van der Waals surface area contributed by atoms with Gasteiger partial charge < -0.3 is 5.32 Å². The van der Waals surface area contributed by atoms with Crippen LogP contribution in [0.25, 0.3) is 0 Å². The molecule has 3 nitrogen and oxygen atoms in total. The standard InChI is InChI=1S/C14H14Cl2N2OS/c1-9(10-2-4-11(16)5-3-10)17-13(19)6-14-18-12(7-15)8-20-14/h2-5,8-9H,6-7H2,1H3,(H,17,19). The molecule has 0 aliphatic carbocycles. The lowest BCUT2D eigenvalue weighted by Crippen LogP contribution is -2.28. The van der Waals surface area contributed by atoms with Crippen molar-refractivity contribution in [1.82, 2.24) is 10.3 Å². The molecular formula is C14H14Cl2N2OS. The second kappa shape index (κ2) is 7.07. The fourth-order valence-electron chi connectivity index (χ4n) is 1.76. The highest BCUT2D eigenvalue weighted by atomic mass is 35.5. The first kappa shape index (κ1) is 15.3. The average molecular weight is 329 g/mol. The quantitative estimate of drug-likeness (QED) is 0.844. The molecule has 0 radical (unpaired) electrons. The minimum Gasteiger partial charge on any atom is -0.349 e. The van der Waals surface area contributed by atoms with Gasteiger partial charge in [-0.15, -0.1) is 22.9 Å². The van der Waals surface area contributed by atoms with Gasteiger partial charge in [0.25, 0.3) is 0 Å². The van der Waals surface area contributed by atoms with Crippen molar-refractivity contribution in [3.63, 3.8) is 0 Å². The van der Waals surface area contributed by atoms with E-state index in [2.05, 4.69) is 10.3 Å². The van der Waals surface area contributed by atoms with Crippen LogP contribution < -0.4 is 5.32 Å². The van der Waals surface area contributed by atoms with Crippen LogP contribution in [0.2, 0.25) is 5.02 Å². The third kappa shape index (κ3) is 4.20. The molecule has 106 valence electrons. The molecule has 1 amide bonds. The summed E-state index contributed by atoms with van der Waals surface area (Å²) in [6, 6.07) is 7.37. The van der Waals surface area contributed by atoms with Crippen molar-refractivity contribution >= 4 is 40.4 Å². The van der Waals surface area contributed by atoms with Gasteiger partial charge in [-0.25, -0.2) is 4.98 Å². The largest absolute Gasteiger partial charge is 0.349 e. The van der Waals surface area contributed by atoms with Crippen molar-refractivity contribution < 1.29 is 4.79 Å². The number of hydrogen-bond acceptors (Lipinski definition) is 3. The molecule has 1 unspecified atom stereocenters. The Morgan fingerprint density at radius 2 is 2.10 bits per heavy atom. The molecular weight excluding hydrogens is 315 g/mol. The third-order valence-corrected chi connectivity index (χ3v) is 4.22. The predicted molar refractivity (Wildman–Crippen MR) is 83.4 cm³/mol. The van der Waals surface area contributed by atoms with Gasteiger partial charge >= 0.3 is 0 Å². The van der Waals surface area contributed by atoms with E-state index in [1.807, 2.05) is 36.6 Å². The number of carbonyl (C=O) groups excluding carboxylic acids is 1. The molecule has 20 heavy (non-hydrogen) atoms. The molecule has 2 rings (SSSR count). The minimum absolute atomic E-state index is 0.0528. The van der Waals surface area contributed by atoms with Crippen LogP contribution in [0.15, 0.2) is 29.6 Å². The van der Waals surface area contributed by atoms with Crippen molar-refractivity contribution in [3.05, 3.63) is 50.9 Å². The lowest BCUT2D eigenvalue weighted by Gasteiger charge is -2.13. The van der Waals surface area contributed by atoms with E-state index in [9.17, 15) is 4.79 Å². The zero-order valence-corrected chi connectivity index (χ0v) is 13.2. The molecule has 0 saturated heterocycles. The van der Waals surface area contributed by atoms with E-state index >= 15 is 0 Å². The average Bonchev–Trinajstić information content (AvgIpc) is 2.86. The van der Waals surface area contributed by atoms with Gasteiger partial charge in [-0.1, -0.05) is 23.7 Å². The van der Waals surface area contributed by atoms with Gasteiger partial charge in [0.2, 0.25) is 5.91 Å². The molecule has 1 heterocycles. The Morgan fingerprint density at radius 3 is 2.70 bits per heavy atom. The Balaban J connectivity index is 1.92. The summed E-state index contributed by atoms with van der Waals surface area (Å²) >= 11 is 13.0. The number of amides is 1. The summed E-state index contributed by atoms with van der Waals surface area (Å²) in [7, 11) is 0. The molecule has 0 aliphatic heterocycles. The zero-order valence-electron chi connectivity index (χ0n) is 10.9. The molecule has 0 saturated carbocycles. The van der Waals surface area contributed by atoms with E-state index in [0.29, 0.717) is 10.9 Å². The number of nitrogens with one attached hydrogen (secondary N) is 1. The van der Waals surface area contributed by atoms with E-state index in [0.717, 1.165) is 16.3 Å². The Bertz CT molecular complexity index is 583. The van der Waals surface area contributed by atoms with Gasteiger partial charge in [0.05, 0.1) is 24.0 Å². The van der Waals surface area contributed by atoms with Gasteiger partial charge in [-0.3, -0.25) is 4.79 Å². The van der Waals surface area contributed by atoms with E-state index in [4.69, 9.17) is 23.2 Å². The zero-order chi connectivity index (χ0) is 14.5. The second-order valence-corrected chi connectivity index (χ2v) is 6.03. The number of carbonyl (C=O) groups is 1. The number of aromatic nitrogens is 1. The number of halogens is 2. The summed E-state index contributed by atoms with van der Waals surface area (Å²) in [6.45, 7) is 1.94. The smallest absolute Gasteiger partial charge is 0.227 e. The molecule has 0 bridgehead atoms. The first-order chi connectivity index (χ1) is 9.58. The Morgan fingerprint density at radius 1 is 1.40 bits per heavy atom. The van der Waals surface area contributed by atoms with Crippen LogP contribution in [0.4, 0.5) is 0 Å². The second-order valence-electron chi connectivity index (χ2n) is 4.38. The fraction of sp³-hybridized carbons (Fsp3) is 0.286. The predicted octanol–water partition coefficient (Wildman–Crippen LogP) is 3.96. The molecule has 1 aromatic carbocycles. The van der Waals surface area contributed by atoms with E-state index in [1.165, 1.54) is 11.3 Å². The van der Waals surface area contributed by atoms with Crippen LogP contribution in [-0.2, 0) is 17.1 Å². The third-order valence-electron chi connectivity index (χ3n) is 2.80. The van der Waals surface area contributed by atoms with Gasteiger partial charge in [-0.05, 0) is 24.6 Å². The van der Waals surface area contributed by atoms with Crippen LogP contribution in [0.5, 0.6) is 0 Å². The maximum absolute atomic E-state index is 12.0. The highest BCUT2D eigenvalue weighted by Crippen LogP contribution is 2.17. The lowest BCUT2D eigenvalue weighted by molar-refractivity contribution is -0.121. The highest BCUT2D eigenvalue weighted by molar-refractivity contribution is 7.09. The summed E-state index contributed by atoms with van der Waals surface area (Å²) in [5, 5.41) is 6.28. The molecule has 1 aromatic heterocycles. The molecule has 1 atom stereocenters. The van der Waals surface area contributed by atoms with Crippen molar-refractivity contribution in [2.45, 2.75) is 25.3 Å². The first-order valence-corrected chi connectivity index (χ1v) is 7.91. The number of thiazole rings is 1. The number of benzene rings is 1. The van der Waals surface area contributed by atoms with Gasteiger partial charge in [0.15, 0.2) is 0 Å². The van der Waals surface area contributed by atoms with E-state index in [1.54, 1.807) is 0 Å². The number of alkyl halides is 1. The monoisotopic (exact) mass is 328 g/mol. The summed E-state index contributed by atoms with van der Waals surface area (Å²) in [4.78, 5) is 16.2. The van der Waals surface area contributed by atoms with Crippen molar-refractivity contribution in [1.29, 1.82) is 0 Å². The molecule has 0 aliphatic rings. The van der Waals surface area contributed by atoms with Crippen LogP contribution in [0.1, 0.15) is 29.2 Å². The summed E-state index contributed by atoms with van der Waals surface area (Å²) < 4.78 is 0. The van der Waals surface area contributed by atoms with Gasteiger partial charge in [-0.2, -0.15) is 0 Å². The maximum Gasteiger partial charge on any atom is 0.227 e. The molecule has 0 spiro atoms. The molecule has 2 aromatic rings. The van der Waals surface area contributed by atoms with Crippen LogP contribution in [0, 0.1) is 0 Å². The number of nitrogens with zero attached hydrogens (tertiary/aromatic N) is 1. The Labute approximate surface area is 131 Å². The SMILES string of the molecule is CC(NC(=O)Cc1nc(CCl)cs1)c1ccc(Cl)cc1. The van der Waals surface area contributed by atoms with E-state index < -0.39 is 0 Å². The Hall–Kier alpha value is -1.10. The highest BCUT2D eigenvalue weighted by Gasteiger charge is 2.12. The summed E-state index contributed by atoms with van der Waals surface area (Å²) in [6.07, 6.45) is 0.277. The van der Waals surface area contributed by atoms with Crippen molar-refractivity contribution in [2.75, 3.05) is 0 Å². The van der Waals surface area contributed by atoms with E-state index in [-0.39, 0.29) is 18.4 Å². The molecule has 0 fully saturated rings. The summed E-state index contributed by atoms with van der Waals surface area (Å²) in [5.74, 6) is 0.321. The molecule has 6 heteroatoms. The number of hydrogen-bond donors (Lipinski definition) is 1. The van der Waals surface area contributed by atoms with Crippen LogP contribution in [0.3, 0.4) is 0 Å². The topological polar surface area (TPSA) is 42.0 Å². The van der Waals surface area contributed by atoms with Crippen LogP contribution >= 0.6 is 34.5 Å². The number of rotatable bonds is 5.